The van der Waals surface area contributed by atoms with E-state index in [9.17, 15) is 14.4 Å². The van der Waals surface area contributed by atoms with Gasteiger partial charge < -0.3 is 9.47 Å². The van der Waals surface area contributed by atoms with Crippen LogP contribution in [0.3, 0.4) is 0 Å². The average molecular weight is 416 g/mol. The molecule has 0 aromatic heterocycles. The molecule has 1 N–H and O–H groups in total. The van der Waals surface area contributed by atoms with Gasteiger partial charge in [0.15, 0.2) is 13.2 Å². The summed E-state index contributed by atoms with van der Waals surface area (Å²) in [5, 5.41) is 4.22. The predicted octanol–water partition coefficient (Wildman–Crippen LogP) is 2.99. The lowest BCUT2D eigenvalue weighted by molar-refractivity contribution is -0.150. The molecule has 0 spiro atoms. The van der Waals surface area contributed by atoms with E-state index >= 15 is 0 Å². The van der Waals surface area contributed by atoms with Crippen LogP contribution in [0.25, 0.3) is 0 Å². The van der Waals surface area contributed by atoms with E-state index in [4.69, 9.17) is 9.47 Å². The highest BCUT2D eigenvalue weighted by Gasteiger charge is 2.10. The molecule has 0 unspecified atom stereocenters. The molecule has 0 aliphatic carbocycles. The maximum absolute atomic E-state index is 12.1. The van der Waals surface area contributed by atoms with E-state index in [0.29, 0.717) is 23.3 Å². The average Bonchev–Trinajstić information content (AvgIpc) is 2.83. The van der Waals surface area contributed by atoms with Crippen molar-refractivity contribution in [1.29, 1.82) is 0 Å². The van der Waals surface area contributed by atoms with Crippen LogP contribution in [0.15, 0.2) is 90.0 Å². The Labute approximate surface area is 179 Å². The smallest absolute Gasteiger partial charge is 0.344 e. The zero-order valence-electron chi connectivity index (χ0n) is 16.6. The molecule has 0 saturated heterocycles. The van der Waals surface area contributed by atoms with Gasteiger partial charge in [0.25, 0.3) is 5.91 Å². The molecule has 0 bridgehead atoms. The number of benzene rings is 3. The molecule has 0 saturated carbocycles. The number of nitrogens with one attached hydrogen (secondary N) is 1. The van der Waals surface area contributed by atoms with E-state index < -0.39 is 18.5 Å². The lowest BCUT2D eigenvalue weighted by Gasteiger charge is -2.09. The molecule has 7 heteroatoms. The number of carbonyl (C=O) groups excluding carboxylic acids is 3. The third-order valence-electron chi connectivity index (χ3n) is 4.12. The van der Waals surface area contributed by atoms with Crippen LogP contribution in [0.4, 0.5) is 0 Å². The highest BCUT2D eigenvalue weighted by molar-refractivity contribution is 6.13. The molecule has 0 radical (unpaired) electrons. The summed E-state index contributed by atoms with van der Waals surface area (Å²) in [5.74, 6) is -0.870. The summed E-state index contributed by atoms with van der Waals surface area (Å²) in [6, 6.07) is 25.1. The van der Waals surface area contributed by atoms with Crippen molar-refractivity contribution in [3.8, 4) is 5.75 Å². The Kier molecular flexibility index (Phi) is 7.65. The van der Waals surface area contributed by atoms with E-state index in [1.165, 1.54) is 0 Å². The summed E-state index contributed by atoms with van der Waals surface area (Å²) in [4.78, 5) is 34.5. The van der Waals surface area contributed by atoms with Crippen molar-refractivity contribution in [2.75, 3.05) is 13.2 Å². The second-order valence-electron chi connectivity index (χ2n) is 6.36. The van der Waals surface area contributed by atoms with Gasteiger partial charge in [-0.1, -0.05) is 60.7 Å². The van der Waals surface area contributed by atoms with Gasteiger partial charge in [-0.2, -0.15) is 5.10 Å². The Balaban J connectivity index is 1.53. The van der Waals surface area contributed by atoms with Gasteiger partial charge in [-0.25, -0.2) is 10.2 Å². The van der Waals surface area contributed by atoms with Gasteiger partial charge in [0.2, 0.25) is 0 Å². The number of rotatable bonds is 9. The quantitative estimate of drug-likeness (QED) is 0.250. The molecule has 3 aromatic rings. The minimum Gasteiger partial charge on any atom is -0.482 e. The van der Waals surface area contributed by atoms with Gasteiger partial charge in [-0.15, -0.1) is 0 Å². The van der Waals surface area contributed by atoms with Crippen LogP contribution in [0.2, 0.25) is 0 Å². The lowest BCUT2D eigenvalue weighted by Crippen LogP contribution is -2.27. The first-order valence-corrected chi connectivity index (χ1v) is 9.47. The van der Waals surface area contributed by atoms with E-state index in [1.807, 2.05) is 60.7 Å². The summed E-state index contributed by atoms with van der Waals surface area (Å²) in [6.07, 6.45) is 0.708. The Morgan fingerprint density at radius 3 is 1.94 bits per heavy atom. The largest absolute Gasteiger partial charge is 0.482 e. The number of esters is 1. The summed E-state index contributed by atoms with van der Waals surface area (Å²) in [6.45, 7) is -0.858. The molecule has 0 aliphatic heterocycles. The molecule has 0 heterocycles. The van der Waals surface area contributed by atoms with E-state index in [1.54, 1.807) is 24.3 Å². The minimum absolute atomic E-state index is 0.365. The van der Waals surface area contributed by atoms with Gasteiger partial charge in [0.05, 0.1) is 5.71 Å². The van der Waals surface area contributed by atoms with Gasteiger partial charge >= 0.3 is 5.97 Å². The van der Waals surface area contributed by atoms with Crippen molar-refractivity contribution in [3.05, 3.63) is 102 Å². The molecule has 3 rings (SSSR count). The number of ether oxygens (including phenoxy) is 2. The number of nitrogens with zero attached hydrogens (tertiary/aromatic N) is 1. The highest BCUT2D eigenvalue weighted by atomic mass is 16.6. The first-order valence-electron chi connectivity index (χ1n) is 9.47. The second-order valence-corrected chi connectivity index (χ2v) is 6.36. The summed E-state index contributed by atoms with van der Waals surface area (Å²) >= 11 is 0. The molecule has 0 aliphatic rings. The molecule has 7 nitrogen and oxygen atoms in total. The number of carbonyl (C=O) groups is 3. The molecule has 1 amide bonds. The van der Waals surface area contributed by atoms with Crippen molar-refractivity contribution in [1.82, 2.24) is 5.43 Å². The molecular formula is C24H20N2O5. The van der Waals surface area contributed by atoms with Crippen molar-refractivity contribution in [3.63, 3.8) is 0 Å². The topological polar surface area (TPSA) is 94.1 Å². The normalized spacial score (nSPS) is 9.94. The van der Waals surface area contributed by atoms with Crippen molar-refractivity contribution >= 4 is 23.9 Å². The summed E-state index contributed by atoms with van der Waals surface area (Å²) < 4.78 is 10.2. The second kappa shape index (κ2) is 11.1. The maximum atomic E-state index is 12.1. The van der Waals surface area contributed by atoms with Gasteiger partial charge in [-0.05, 0) is 24.3 Å². The maximum Gasteiger partial charge on any atom is 0.344 e. The number of hydrogen-bond donors (Lipinski definition) is 1. The zero-order chi connectivity index (χ0) is 21.9. The summed E-state index contributed by atoms with van der Waals surface area (Å²) in [5.41, 5.74) is 5.17. The molecular weight excluding hydrogens is 396 g/mol. The van der Waals surface area contributed by atoms with Crippen molar-refractivity contribution in [2.45, 2.75) is 0 Å². The monoisotopic (exact) mass is 416 g/mol. The fourth-order valence-electron chi connectivity index (χ4n) is 2.61. The zero-order valence-corrected chi connectivity index (χ0v) is 16.6. The molecule has 0 atom stereocenters. The fraction of sp³-hybridized carbons (Fsp3) is 0.0833. The molecule has 0 fully saturated rings. The number of hydrazone groups is 1. The number of amides is 1. The minimum atomic E-state index is -0.704. The van der Waals surface area contributed by atoms with Crippen molar-refractivity contribution < 1.29 is 23.9 Å². The van der Waals surface area contributed by atoms with Crippen molar-refractivity contribution in [2.24, 2.45) is 5.10 Å². The van der Waals surface area contributed by atoms with Crippen LogP contribution < -0.4 is 10.2 Å². The fourth-order valence-corrected chi connectivity index (χ4v) is 2.61. The van der Waals surface area contributed by atoms with Crippen LogP contribution in [-0.2, 0) is 14.3 Å². The third-order valence-corrected chi connectivity index (χ3v) is 4.12. The van der Waals surface area contributed by atoms with E-state index in [2.05, 4.69) is 10.5 Å². The van der Waals surface area contributed by atoms with Crippen LogP contribution in [0.1, 0.15) is 21.5 Å². The van der Waals surface area contributed by atoms with Crippen LogP contribution in [0, 0.1) is 0 Å². The lowest BCUT2D eigenvalue weighted by atomic mass is 10.0. The standard InChI is InChI=1S/C24H20N2O5/c27-15-18-11-13-21(14-12-18)30-17-23(29)31-16-22(28)25-26-24(19-7-3-1-4-8-19)20-9-5-2-6-10-20/h1-15H,16-17H2,(H,25,28). The van der Waals surface area contributed by atoms with E-state index in [-0.39, 0.29) is 6.61 Å². The molecule has 156 valence electrons. The van der Waals surface area contributed by atoms with Crippen LogP contribution in [-0.4, -0.2) is 37.1 Å². The predicted molar refractivity (Wildman–Crippen MR) is 115 cm³/mol. The Morgan fingerprint density at radius 1 is 0.806 bits per heavy atom. The summed E-state index contributed by atoms with van der Waals surface area (Å²) in [7, 11) is 0. The Hall–Kier alpha value is -4.26. The number of aldehydes is 1. The van der Waals surface area contributed by atoms with Gasteiger partial charge in [0, 0.05) is 16.7 Å². The van der Waals surface area contributed by atoms with Gasteiger partial charge in [-0.3, -0.25) is 9.59 Å². The highest BCUT2D eigenvalue weighted by Crippen LogP contribution is 2.11. The molecule has 3 aromatic carbocycles. The molecule has 31 heavy (non-hydrogen) atoms. The first-order chi connectivity index (χ1) is 15.2. The third kappa shape index (κ3) is 6.64. The SMILES string of the molecule is O=Cc1ccc(OCC(=O)OCC(=O)NN=C(c2ccccc2)c2ccccc2)cc1. The van der Waals surface area contributed by atoms with Crippen LogP contribution >= 0.6 is 0 Å². The first kappa shape index (κ1) is 21.4. The Bertz CT molecular complexity index is 1010. The Morgan fingerprint density at radius 2 is 1.39 bits per heavy atom. The van der Waals surface area contributed by atoms with E-state index in [0.717, 1.165) is 11.1 Å². The van der Waals surface area contributed by atoms with Gasteiger partial charge in [0.1, 0.15) is 12.0 Å². The van der Waals surface area contributed by atoms with Crippen LogP contribution in [0.5, 0.6) is 5.75 Å². The number of hydrogen-bond acceptors (Lipinski definition) is 6.